The highest BCUT2D eigenvalue weighted by atomic mass is 32.2. The van der Waals surface area contributed by atoms with Gasteiger partial charge in [-0.15, -0.1) is 0 Å². The molecular weight excluding hydrogens is 300 g/mol. The summed E-state index contributed by atoms with van der Waals surface area (Å²) < 4.78 is 5.47. The van der Waals surface area contributed by atoms with E-state index in [2.05, 4.69) is 44.5 Å². The van der Waals surface area contributed by atoms with Crippen molar-refractivity contribution in [3.8, 4) is 11.6 Å². The number of aromatic nitrogens is 5. The van der Waals surface area contributed by atoms with Gasteiger partial charge in [0.1, 0.15) is 6.33 Å². The van der Waals surface area contributed by atoms with Crippen LogP contribution in [0, 0.1) is 5.92 Å². The van der Waals surface area contributed by atoms with E-state index < -0.39 is 0 Å². The molecule has 1 aliphatic rings. The van der Waals surface area contributed by atoms with Crippen molar-refractivity contribution in [2.75, 3.05) is 11.5 Å². The first-order valence-corrected chi connectivity index (χ1v) is 8.91. The largest absolute Gasteiger partial charge is 0.337 e. The van der Waals surface area contributed by atoms with Crippen molar-refractivity contribution in [3.05, 3.63) is 12.2 Å². The highest BCUT2D eigenvalue weighted by molar-refractivity contribution is 7.99. The first kappa shape index (κ1) is 15.5. The van der Waals surface area contributed by atoms with E-state index in [-0.39, 0.29) is 6.04 Å². The molecule has 8 heteroatoms. The monoisotopic (exact) mass is 322 g/mol. The topological polar surface area (TPSA) is 92.5 Å². The van der Waals surface area contributed by atoms with E-state index in [4.69, 9.17) is 4.52 Å². The molecule has 2 aromatic rings. The Bertz CT molecular complexity index is 564. The summed E-state index contributed by atoms with van der Waals surface area (Å²) in [5, 5.41) is 14.3. The molecule has 0 unspecified atom stereocenters. The molecule has 0 spiro atoms. The van der Waals surface area contributed by atoms with Crippen molar-refractivity contribution < 1.29 is 4.52 Å². The van der Waals surface area contributed by atoms with Crippen molar-refractivity contribution in [2.24, 2.45) is 5.92 Å². The predicted molar refractivity (Wildman–Crippen MR) is 85.4 cm³/mol. The van der Waals surface area contributed by atoms with Crippen LogP contribution in [0.3, 0.4) is 0 Å². The Morgan fingerprint density at radius 3 is 3.09 bits per heavy atom. The van der Waals surface area contributed by atoms with Gasteiger partial charge in [0.05, 0.1) is 6.04 Å². The van der Waals surface area contributed by atoms with Gasteiger partial charge in [0.15, 0.2) is 5.82 Å². The third kappa shape index (κ3) is 3.86. The number of aromatic amines is 1. The van der Waals surface area contributed by atoms with Gasteiger partial charge in [-0.2, -0.15) is 21.8 Å². The molecule has 0 bridgehead atoms. The lowest BCUT2D eigenvalue weighted by Crippen LogP contribution is -2.37. The second-order valence-corrected chi connectivity index (χ2v) is 7.20. The molecule has 22 heavy (non-hydrogen) atoms. The molecule has 3 rings (SSSR count). The molecule has 120 valence electrons. The van der Waals surface area contributed by atoms with Gasteiger partial charge in [0.25, 0.3) is 0 Å². The molecule has 1 saturated heterocycles. The first-order chi connectivity index (χ1) is 10.7. The van der Waals surface area contributed by atoms with Gasteiger partial charge in [-0.05, 0) is 30.9 Å². The molecule has 2 atom stereocenters. The number of hydrogen-bond donors (Lipinski definition) is 2. The van der Waals surface area contributed by atoms with E-state index in [1.807, 2.05) is 11.8 Å². The second-order valence-electron chi connectivity index (χ2n) is 6.05. The standard InChI is InChI=1S/C14H22N6OS/c1-9(2)6-11(17-10-4-3-5-22-7-10)14-18-13(20-21-14)12-15-8-16-19-12/h8-11,17H,3-7H2,1-2H3,(H,15,16,19)/t10-,11+/m0/s1. The van der Waals surface area contributed by atoms with Crippen LogP contribution in [-0.2, 0) is 0 Å². The van der Waals surface area contributed by atoms with Crippen LogP contribution >= 0.6 is 11.8 Å². The molecule has 7 nitrogen and oxygen atoms in total. The quantitative estimate of drug-likeness (QED) is 0.843. The zero-order valence-corrected chi connectivity index (χ0v) is 13.8. The van der Waals surface area contributed by atoms with E-state index in [0.717, 1.165) is 12.2 Å². The Labute approximate surface area is 134 Å². The van der Waals surface area contributed by atoms with Crippen LogP contribution in [0.25, 0.3) is 11.6 Å². The molecule has 2 aromatic heterocycles. The molecule has 0 saturated carbocycles. The highest BCUT2D eigenvalue weighted by Gasteiger charge is 2.25. The summed E-state index contributed by atoms with van der Waals surface area (Å²) in [6.45, 7) is 4.41. The van der Waals surface area contributed by atoms with Gasteiger partial charge in [-0.1, -0.05) is 19.0 Å². The van der Waals surface area contributed by atoms with E-state index in [1.165, 1.54) is 24.9 Å². The Morgan fingerprint density at radius 2 is 2.41 bits per heavy atom. The van der Waals surface area contributed by atoms with Crippen LogP contribution in [0.2, 0.25) is 0 Å². The summed E-state index contributed by atoms with van der Waals surface area (Å²) in [5.74, 6) is 4.60. The van der Waals surface area contributed by atoms with Crippen LogP contribution in [0.4, 0.5) is 0 Å². The Balaban J connectivity index is 1.73. The van der Waals surface area contributed by atoms with Crippen LogP contribution < -0.4 is 5.32 Å². The Hall–Kier alpha value is -1.41. The van der Waals surface area contributed by atoms with Gasteiger partial charge >= 0.3 is 0 Å². The van der Waals surface area contributed by atoms with Crippen molar-refractivity contribution >= 4 is 11.8 Å². The van der Waals surface area contributed by atoms with Gasteiger partial charge in [0.2, 0.25) is 11.7 Å². The molecular formula is C14H22N6OS. The van der Waals surface area contributed by atoms with Crippen molar-refractivity contribution in [2.45, 2.75) is 45.2 Å². The Kier molecular flexibility index (Phi) is 5.09. The highest BCUT2D eigenvalue weighted by Crippen LogP contribution is 2.25. The lowest BCUT2D eigenvalue weighted by molar-refractivity contribution is 0.285. The number of hydrogen-bond acceptors (Lipinski definition) is 7. The van der Waals surface area contributed by atoms with Crippen LogP contribution in [0.5, 0.6) is 0 Å². The minimum atomic E-state index is 0.0906. The summed E-state index contributed by atoms with van der Waals surface area (Å²) in [5.41, 5.74) is 0. The zero-order chi connectivity index (χ0) is 15.4. The molecule has 1 fully saturated rings. The predicted octanol–water partition coefficient (Wildman–Crippen LogP) is 2.43. The lowest BCUT2D eigenvalue weighted by Gasteiger charge is -2.27. The van der Waals surface area contributed by atoms with Gasteiger partial charge in [-0.3, -0.25) is 5.10 Å². The van der Waals surface area contributed by atoms with Crippen molar-refractivity contribution in [1.82, 2.24) is 30.6 Å². The number of nitrogens with zero attached hydrogens (tertiary/aromatic N) is 4. The third-order valence-electron chi connectivity index (χ3n) is 3.67. The third-order valence-corrected chi connectivity index (χ3v) is 4.89. The van der Waals surface area contributed by atoms with E-state index in [0.29, 0.717) is 29.5 Å². The SMILES string of the molecule is CC(C)C[C@@H](N[C@H]1CCCSC1)c1nc(-c2ncn[nH]2)no1. The van der Waals surface area contributed by atoms with Gasteiger partial charge in [0, 0.05) is 11.8 Å². The van der Waals surface area contributed by atoms with Crippen LogP contribution in [-0.4, -0.2) is 42.9 Å². The number of nitrogens with one attached hydrogen (secondary N) is 2. The molecule has 0 aromatic carbocycles. The molecule has 1 aliphatic heterocycles. The van der Waals surface area contributed by atoms with E-state index in [1.54, 1.807) is 0 Å². The van der Waals surface area contributed by atoms with Crippen LogP contribution in [0.15, 0.2) is 10.9 Å². The summed E-state index contributed by atoms with van der Waals surface area (Å²) in [7, 11) is 0. The average Bonchev–Trinajstić information content (AvgIpc) is 3.18. The van der Waals surface area contributed by atoms with Crippen LogP contribution in [0.1, 0.15) is 45.0 Å². The smallest absolute Gasteiger partial charge is 0.244 e. The zero-order valence-electron chi connectivity index (χ0n) is 13.0. The minimum absolute atomic E-state index is 0.0906. The normalized spacial score (nSPS) is 20.4. The Morgan fingerprint density at radius 1 is 1.50 bits per heavy atom. The fourth-order valence-corrected chi connectivity index (χ4v) is 3.74. The van der Waals surface area contributed by atoms with Crippen molar-refractivity contribution in [3.63, 3.8) is 0 Å². The van der Waals surface area contributed by atoms with E-state index in [9.17, 15) is 0 Å². The fourth-order valence-electron chi connectivity index (χ4n) is 2.65. The van der Waals surface area contributed by atoms with Gasteiger partial charge < -0.3 is 9.84 Å². The lowest BCUT2D eigenvalue weighted by atomic mass is 10.0. The number of rotatable bonds is 6. The minimum Gasteiger partial charge on any atom is -0.337 e. The maximum atomic E-state index is 5.47. The maximum Gasteiger partial charge on any atom is 0.244 e. The summed E-state index contributed by atoms with van der Waals surface area (Å²) in [6, 6.07) is 0.607. The molecule has 2 N–H and O–H groups in total. The number of thioether (sulfide) groups is 1. The summed E-state index contributed by atoms with van der Waals surface area (Å²) >= 11 is 2.01. The summed E-state index contributed by atoms with van der Waals surface area (Å²) in [4.78, 5) is 8.55. The van der Waals surface area contributed by atoms with Crippen molar-refractivity contribution in [1.29, 1.82) is 0 Å². The van der Waals surface area contributed by atoms with Gasteiger partial charge in [-0.25, -0.2) is 4.98 Å². The molecule has 0 radical (unpaired) electrons. The van der Waals surface area contributed by atoms with E-state index >= 15 is 0 Å². The average molecular weight is 322 g/mol. The number of H-pyrrole nitrogens is 1. The molecule has 0 amide bonds. The second kappa shape index (κ2) is 7.23. The first-order valence-electron chi connectivity index (χ1n) is 7.75. The maximum absolute atomic E-state index is 5.47. The molecule has 0 aliphatic carbocycles. The fraction of sp³-hybridized carbons (Fsp3) is 0.714. The summed E-state index contributed by atoms with van der Waals surface area (Å²) in [6.07, 6.45) is 4.89. The molecule has 3 heterocycles.